The van der Waals surface area contributed by atoms with Crippen molar-refractivity contribution < 1.29 is 33.7 Å². The van der Waals surface area contributed by atoms with Gasteiger partial charge in [-0.15, -0.1) is 13.2 Å². The van der Waals surface area contributed by atoms with Crippen molar-refractivity contribution >= 4 is 23.4 Å². The molecule has 1 aromatic rings. The molecule has 46 heavy (non-hydrogen) atoms. The number of nitrogens with zero attached hydrogens (tertiary/aromatic N) is 4. The molecule has 2 bridgehead atoms. The number of fused-ring (bicyclic) bond motifs is 1. The number of hydrogen-bond acceptors (Lipinski definition) is 8. The number of likely N-dealkylation sites (tertiary alicyclic amines) is 1. The number of unbranched alkanes of at least 4 members (excludes halogenated alkanes) is 2. The minimum atomic E-state index is -1.08. The van der Waals surface area contributed by atoms with E-state index in [1.54, 1.807) is 26.9 Å². The zero-order valence-corrected chi connectivity index (χ0v) is 27.2. The van der Waals surface area contributed by atoms with E-state index in [2.05, 4.69) is 18.1 Å². The Bertz CT molecular complexity index is 1240. The third-order valence-electron chi connectivity index (χ3n) is 9.86. The number of carbonyl (C=O) groups excluding carboxylic acids is 3. The van der Waals surface area contributed by atoms with Crippen LogP contribution in [0.1, 0.15) is 39.0 Å². The van der Waals surface area contributed by atoms with Gasteiger partial charge >= 0.3 is 0 Å². The van der Waals surface area contributed by atoms with Crippen molar-refractivity contribution in [1.29, 1.82) is 0 Å². The van der Waals surface area contributed by atoms with Crippen LogP contribution in [0.4, 0.5) is 5.69 Å². The molecule has 4 aliphatic heterocycles. The van der Waals surface area contributed by atoms with Gasteiger partial charge in [0.15, 0.2) is 0 Å². The summed E-state index contributed by atoms with van der Waals surface area (Å²) in [6.45, 7) is 15.4. The molecule has 1 aromatic carbocycles. The van der Waals surface area contributed by atoms with Gasteiger partial charge in [0, 0.05) is 58.1 Å². The highest BCUT2D eigenvalue weighted by Crippen LogP contribution is 2.59. The Labute approximate surface area is 272 Å². The molecule has 4 saturated heterocycles. The summed E-state index contributed by atoms with van der Waals surface area (Å²) in [5.74, 6) is -1.31. The van der Waals surface area contributed by atoms with E-state index in [1.165, 1.54) is 0 Å². The monoisotopic (exact) mass is 638 g/mol. The van der Waals surface area contributed by atoms with Gasteiger partial charge in [-0.1, -0.05) is 12.2 Å². The molecule has 0 aliphatic carbocycles. The number of ether oxygens (including phenoxy) is 3. The summed E-state index contributed by atoms with van der Waals surface area (Å²) in [4.78, 5) is 50.9. The normalized spacial score (nSPS) is 27.0. The standard InChI is InChI=1S/C35H50N4O7/c1-4-16-37(20-19-36-21-24-44-25-22-36)34(43)31-35-15-14-28(46-35)29(30(35)33(42)39(31)18-8-7-9-23-40)32(41)38(17-5-2)26-10-12-27(13-11-26)45-6-3/h4-5,10-13,28-31,40H,1-2,6-9,14-25H2,3H3/t28-,29+,30+,31?,35?/m1/s1. The first-order chi connectivity index (χ1) is 22.4. The van der Waals surface area contributed by atoms with Gasteiger partial charge in [0.2, 0.25) is 17.7 Å². The van der Waals surface area contributed by atoms with Crippen LogP contribution in [0.2, 0.25) is 0 Å². The van der Waals surface area contributed by atoms with Crippen LogP contribution in [0.25, 0.3) is 0 Å². The van der Waals surface area contributed by atoms with E-state index < -0.39 is 29.6 Å². The Morgan fingerprint density at radius 1 is 1.07 bits per heavy atom. The second kappa shape index (κ2) is 15.6. The van der Waals surface area contributed by atoms with Crippen molar-refractivity contribution in [3.05, 3.63) is 49.6 Å². The fourth-order valence-electron chi connectivity index (χ4n) is 7.75. The third-order valence-corrected chi connectivity index (χ3v) is 9.86. The number of aliphatic hydroxyl groups excluding tert-OH is 1. The molecule has 2 unspecified atom stereocenters. The lowest BCUT2D eigenvalue weighted by molar-refractivity contribution is -0.148. The Morgan fingerprint density at radius 3 is 2.48 bits per heavy atom. The Kier molecular flexibility index (Phi) is 11.5. The van der Waals surface area contributed by atoms with Crippen molar-refractivity contribution in [1.82, 2.24) is 14.7 Å². The van der Waals surface area contributed by atoms with Crippen molar-refractivity contribution in [2.24, 2.45) is 11.8 Å². The molecule has 0 aromatic heterocycles. The zero-order valence-electron chi connectivity index (χ0n) is 27.2. The summed E-state index contributed by atoms with van der Waals surface area (Å²) in [7, 11) is 0. The molecule has 3 amide bonds. The van der Waals surface area contributed by atoms with Gasteiger partial charge in [-0.3, -0.25) is 19.3 Å². The molecule has 1 N–H and O–H groups in total. The summed E-state index contributed by atoms with van der Waals surface area (Å²) in [5.41, 5.74) is -0.392. The first-order valence-corrected chi connectivity index (χ1v) is 16.8. The minimum Gasteiger partial charge on any atom is -0.494 e. The number of morpholine rings is 1. The van der Waals surface area contributed by atoms with Crippen LogP contribution < -0.4 is 9.64 Å². The molecule has 4 aliphatic rings. The Hall–Kier alpha value is -3.25. The second-order valence-electron chi connectivity index (χ2n) is 12.6. The highest BCUT2D eigenvalue weighted by molar-refractivity contribution is 6.03. The molecule has 11 heteroatoms. The summed E-state index contributed by atoms with van der Waals surface area (Å²) in [5, 5.41) is 9.35. The fraction of sp³-hybridized carbons (Fsp3) is 0.629. The number of aliphatic hydroxyl groups is 1. The smallest absolute Gasteiger partial charge is 0.248 e. The lowest BCUT2D eigenvalue weighted by atomic mass is 9.70. The van der Waals surface area contributed by atoms with Crippen LogP contribution >= 0.6 is 0 Å². The van der Waals surface area contributed by atoms with Gasteiger partial charge < -0.3 is 34.0 Å². The molecule has 5 rings (SSSR count). The van der Waals surface area contributed by atoms with Crippen LogP contribution in [0.3, 0.4) is 0 Å². The van der Waals surface area contributed by atoms with Crippen molar-refractivity contribution in [2.75, 3.05) is 77.1 Å². The predicted molar refractivity (Wildman–Crippen MR) is 174 cm³/mol. The van der Waals surface area contributed by atoms with Crippen molar-refractivity contribution in [2.45, 2.75) is 56.8 Å². The quantitative estimate of drug-likeness (QED) is 0.205. The topological polar surface area (TPSA) is 112 Å². The molecule has 11 nitrogen and oxygen atoms in total. The van der Waals surface area contributed by atoms with E-state index in [-0.39, 0.29) is 30.9 Å². The molecule has 5 atom stereocenters. The molecule has 4 heterocycles. The molecule has 4 fully saturated rings. The van der Waals surface area contributed by atoms with Crippen molar-refractivity contribution in [3.8, 4) is 5.75 Å². The van der Waals surface area contributed by atoms with Gasteiger partial charge in [0.05, 0.1) is 37.8 Å². The van der Waals surface area contributed by atoms with Gasteiger partial charge in [0.25, 0.3) is 0 Å². The number of benzene rings is 1. The van der Waals surface area contributed by atoms with Gasteiger partial charge in [-0.2, -0.15) is 0 Å². The summed E-state index contributed by atoms with van der Waals surface area (Å²) in [6.07, 6.45) is 6.07. The third kappa shape index (κ3) is 6.74. The van der Waals surface area contributed by atoms with E-state index in [4.69, 9.17) is 14.2 Å². The molecule has 0 radical (unpaired) electrons. The molecular formula is C35H50N4O7. The van der Waals surface area contributed by atoms with E-state index >= 15 is 0 Å². The van der Waals surface area contributed by atoms with Gasteiger partial charge in [-0.25, -0.2) is 0 Å². The number of anilines is 1. The number of amides is 3. The molecule has 252 valence electrons. The number of rotatable bonds is 17. The number of hydrogen-bond donors (Lipinski definition) is 1. The number of carbonyl (C=O) groups is 3. The first-order valence-electron chi connectivity index (χ1n) is 16.8. The predicted octanol–water partition coefficient (Wildman–Crippen LogP) is 2.49. The Morgan fingerprint density at radius 2 is 1.80 bits per heavy atom. The van der Waals surface area contributed by atoms with Gasteiger partial charge in [-0.05, 0) is 63.3 Å². The maximum Gasteiger partial charge on any atom is 0.248 e. The highest BCUT2D eigenvalue weighted by atomic mass is 16.5. The summed E-state index contributed by atoms with van der Waals surface area (Å²) >= 11 is 0. The average molecular weight is 639 g/mol. The summed E-state index contributed by atoms with van der Waals surface area (Å²) in [6, 6.07) is 6.51. The molecular weight excluding hydrogens is 588 g/mol. The second-order valence-corrected chi connectivity index (χ2v) is 12.6. The molecule has 1 spiro atoms. The van der Waals surface area contributed by atoms with Crippen LogP contribution in [-0.2, 0) is 23.9 Å². The van der Waals surface area contributed by atoms with Crippen LogP contribution in [0.5, 0.6) is 5.75 Å². The first kappa shape index (κ1) is 34.1. The lowest BCUT2D eigenvalue weighted by Crippen LogP contribution is -2.57. The van der Waals surface area contributed by atoms with Crippen LogP contribution in [0.15, 0.2) is 49.6 Å². The largest absolute Gasteiger partial charge is 0.494 e. The van der Waals surface area contributed by atoms with Crippen molar-refractivity contribution in [3.63, 3.8) is 0 Å². The minimum absolute atomic E-state index is 0.0730. The van der Waals surface area contributed by atoms with E-state index in [0.717, 1.165) is 19.5 Å². The van der Waals surface area contributed by atoms with E-state index in [9.17, 15) is 19.5 Å². The maximum absolute atomic E-state index is 14.6. The fourth-order valence-corrected chi connectivity index (χ4v) is 7.75. The zero-order chi connectivity index (χ0) is 32.7. The van der Waals surface area contributed by atoms with Crippen LogP contribution in [0, 0.1) is 11.8 Å². The van der Waals surface area contributed by atoms with Gasteiger partial charge in [0.1, 0.15) is 17.4 Å². The van der Waals surface area contributed by atoms with E-state index in [1.807, 2.05) is 31.2 Å². The average Bonchev–Trinajstić information content (AvgIpc) is 3.72. The highest BCUT2D eigenvalue weighted by Gasteiger charge is 2.74. The van der Waals surface area contributed by atoms with E-state index in [0.29, 0.717) is 83.1 Å². The molecule has 0 saturated carbocycles. The Balaban J connectivity index is 1.44. The SMILES string of the molecule is C=CCN(CCN1CCOCC1)C(=O)C1N(CCCCCO)C(=O)[C@@H]2[C@@H](C(=O)N(CC=C)c3ccc(OCC)cc3)[C@H]3CCC12O3. The summed E-state index contributed by atoms with van der Waals surface area (Å²) < 4.78 is 17.8. The lowest BCUT2D eigenvalue weighted by Gasteiger charge is -2.37. The van der Waals surface area contributed by atoms with Crippen LogP contribution in [-0.4, -0.2) is 128 Å². The maximum atomic E-state index is 14.6.